The highest BCUT2D eigenvalue weighted by Crippen LogP contribution is 2.39. The van der Waals surface area contributed by atoms with Gasteiger partial charge in [0.2, 0.25) is 0 Å². The molecule has 5 aliphatic rings. The van der Waals surface area contributed by atoms with Crippen LogP contribution in [0.25, 0.3) is 0 Å². The number of hydrogen-bond donors (Lipinski definition) is 3. The van der Waals surface area contributed by atoms with E-state index < -0.39 is 19.1 Å². The molecule has 0 aromatic rings. The number of rotatable bonds is 16. The van der Waals surface area contributed by atoms with Crippen LogP contribution < -0.4 is 0 Å². The van der Waals surface area contributed by atoms with Crippen molar-refractivity contribution in [2.45, 2.75) is 148 Å². The van der Waals surface area contributed by atoms with Crippen LogP contribution in [-0.4, -0.2) is 157 Å². The van der Waals surface area contributed by atoms with Gasteiger partial charge in [-0.05, 0) is 143 Å². The molecule has 5 fully saturated rings. The molecule has 0 spiro atoms. The summed E-state index contributed by atoms with van der Waals surface area (Å²) in [5.41, 5.74) is -0.546. The van der Waals surface area contributed by atoms with Crippen LogP contribution in [0.3, 0.4) is 0 Å². The Balaban J connectivity index is 0.000000285. The number of carbonyl (C=O) groups excluding carboxylic acids is 1. The number of esters is 1. The Hall–Kier alpha value is -1.25. The number of ether oxygens (including phenoxy) is 1. The first-order valence-electron chi connectivity index (χ1n) is 20.3. The number of methoxy groups -OCH3 is 1. The summed E-state index contributed by atoms with van der Waals surface area (Å²) < 4.78 is 17.4. The molecule has 5 saturated heterocycles. The van der Waals surface area contributed by atoms with E-state index in [4.69, 9.17) is 24.1 Å². The number of likely N-dealkylation sites (tertiary alicyclic amines) is 4. The first-order valence-corrected chi connectivity index (χ1v) is 20.3. The van der Waals surface area contributed by atoms with Crippen molar-refractivity contribution >= 4 is 26.2 Å². The average Bonchev–Trinajstić information content (AvgIpc) is 3.76. The second-order valence-corrected chi connectivity index (χ2v) is 16.8. The summed E-state index contributed by atoms with van der Waals surface area (Å²) in [4.78, 5) is 33.6. The summed E-state index contributed by atoms with van der Waals surface area (Å²) >= 11 is 0. The average molecular weight is 737 g/mol. The number of hydrogen-bond acceptors (Lipinski definition) is 11. The first kappa shape index (κ1) is 45.1. The fraction of sp³-hybridized carbons (Fsp3) is 0.947. The van der Waals surface area contributed by atoms with Crippen molar-refractivity contribution in [1.82, 2.24) is 19.6 Å². The molecular formula is C38H74B2N4O8. The minimum atomic E-state index is -1.28. The van der Waals surface area contributed by atoms with Gasteiger partial charge in [0.1, 0.15) is 12.1 Å². The predicted octanol–water partition coefficient (Wildman–Crippen LogP) is 4.34. The van der Waals surface area contributed by atoms with Crippen LogP contribution in [0.15, 0.2) is 0 Å². The Morgan fingerprint density at radius 1 is 0.731 bits per heavy atom. The van der Waals surface area contributed by atoms with Gasteiger partial charge < -0.3 is 39.0 Å². The maximum atomic E-state index is 12.5. The monoisotopic (exact) mass is 737 g/mol. The number of carboxylic acid groups (broad SMARTS) is 1. The second-order valence-electron chi connectivity index (χ2n) is 16.8. The molecule has 4 atom stereocenters. The van der Waals surface area contributed by atoms with E-state index in [9.17, 15) is 14.7 Å². The Bertz CT molecular complexity index is 1040. The summed E-state index contributed by atoms with van der Waals surface area (Å²) in [6.45, 7) is 18.7. The molecule has 5 heterocycles. The SMILES string of the molecule is C.COC(=O)C1C(CCCB2OC(C)(C)C(C)(C)O2)CCN1CCN1CCCCC1.O=C(O)C1C(CCCB(O)O)CCN1CCN1CCCCC1. The van der Waals surface area contributed by atoms with E-state index in [2.05, 4.69) is 47.3 Å². The maximum Gasteiger partial charge on any atom is 0.457 e. The van der Waals surface area contributed by atoms with Crippen LogP contribution in [-0.2, 0) is 23.6 Å². The quantitative estimate of drug-likeness (QED) is 0.154. The smallest absolute Gasteiger partial charge is 0.457 e. The molecule has 4 unspecified atom stereocenters. The highest BCUT2D eigenvalue weighted by Gasteiger charge is 2.50. The van der Waals surface area contributed by atoms with Gasteiger partial charge in [0, 0.05) is 26.2 Å². The first-order chi connectivity index (χ1) is 24.3. The Morgan fingerprint density at radius 3 is 1.65 bits per heavy atom. The molecule has 300 valence electrons. The van der Waals surface area contributed by atoms with E-state index in [1.165, 1.54) is 58.7 Å². The second kappa shape index (κ2) is 21.7. The topological polar surface area (TPSA) is 135 Å². The summed E-state index contributed by atoms with van der Waals surface area (Å²) in [6.07, 6.45) is 14.4. The molecule has 5 rings (SSSR count). The molecule has 0 saturated carbocycles. The molecule has 12 nitrogen and oxygen atoms in total. The Labute approximate surface area is 316 Å². The van der Waals surface area contributed by atoms with Gasteiger partial charge in [-0.2, -0.15) is 0 Å². The molecule has 0 aliphatic carbocycles. The van der Waals surface area contributed by atoms with E-state index in [0.717, 1.165) is 90.8 Å². The molecular weight excluding hydrogens is 662 g/mol. The standard InChI is InChI=1S/C22H41BN2O4.C15H29BN2O4.CH4/c1-21(2)22(3,4)29-23(28-21)12-9-10-18-11-15-25(19(18)20(26)27-5)17-16-24-13-7-6-8-14-24;19-15(20)14-13(5-4-7-16(21)22)6-10-18(14)12-11-17-8-2-1-3-9-17;/h18-19H,6-17H2,1-5H3;13-14,21-22H,1-12H2,(H,19,20);1H4. The third-order valence-electron chi connectivity index (χ3n) is 12.6. The minimum Gasteiger partial charge on any atom is -0.480 e. The van der Waals surface area contributed by atoms with Gasteiger partial charge in [0.25, 0.3) is 0 Å². The van der Waals surface area contributed by atoms with E-state index in [1.54, 1.807) is 0 Å². The lowest BCUT2D eigenvalue weighted by Crippen LogP contribution is -2.45. The van der Waals surface area contributed by atoms with Crippen LogP contribution in [0.4, 0.5) is 0 Å². The lowest BCUT2D eigenvalue weighted by atomic mass is 9.80. The fourth-order valence-electron chi connectivity index (χ4n) is 8.88. The summed E-state index contributed by atoms with van der Waals surface area (Å²) in [6, 6.07) is -0.497. The molecule has 14 heteroatoms. The van der Waals surface area contributed by atoms with Crippen LogP contribution in [0.5, 0.6) is 0 Å². The number of carbonyl (C=O) groups is 2. The lowest BCUT2D eigenvalue weighted by Gasteiger charge is -2.32. The lowest BCUT2D eigenvalue weighted by molar-refractivity contribution is -0.147. The zero-order chi connectivity index (χ0) is 37.0. The molecule has 0 radical (unpaired) electrons. The zero-order valence-electron chi connectivity index (χ0n) is 32.6. The van der Waals surface area contributed by atoms with Gasteiger partial charge in [-0.25, -0.2) is 0 Å². The fourth-order valence-corrected chi connectivity index (χ4v) is 8.88. The van der Waals surface area contributed by atoms with Crippen molar-refractivity contribution in [2.75, 3.05) is 72.6 Å². The highest BCUT2D eigenvalue weighted by atomic mass is 16.7. The molecule has 52 heavy (non-hydrogen) atoms. The van der Waals surface area contributed by atoms with Crippen molar-refractivity contribution in [3.8, 4) is 0 Å². The minimum absolute atomic E-state index is 0. The van der Waals surface area contributed by atoms with E-state index in [0.29, 0.717) is 18.7 Å². The number of piperidine rings is 2. The molecule has 0 aromatic heterocycles. The number of carboxylic acids is 1. The summed E-state index contributed by atoms with van der Waals surface area (Å²) in [5.74, 6) is -0.295. The van der Waals surface area contributed by atoms with Gasteiger partial charge in [0.15, 0.2) is 0 Å². The Kier molecular flexibility index (Phi) is 18.9. The van der Waals surface area contributed by atoms with Gasteiger partial charge in [0.05, 0.1) is 18.3 Å². The van der Waals surface area contributed by atoms with Crippen LogP contribution in [0, 0.1) is 11.8 Å². The molecule has 0 amide bonds. The highest BCUT2D eigenvalue weighted by molar-refractivity contribution is 6.45. The Morgan fingerprint density at radius 2 is 1.19 bits per heavy atom. The summed E-state index contributed by atoms with van der Waals surface area (Å²) in [7, 11) is 0.0957. The third kappa shape index (κ3) is 13.2. The van der Waals surface area contributed by atoms with Crippen LogP contribution in [0.2, 0.25) is 12.6 Å². The van der Waals surface area contributed by atoms with Crippen molar-refractivity contribution in [2.24, 2.45) is 11.8 Å². The van der Waals surface area contributed by atoms with Crippen molar-refractivity contribution in [3.05, 3.63) is 0 Å². The zero-order valence-corrected chi connectivity index (χ0v) is 32.6. The van der Waals surface area contributed by atoms with Gasteiger partial charge in [-0.1, -0.05) is 33.1 Å². The third-order valence-corrected chi connectivity index (χ3v) is 12.6. The van der Waals surface area contributed by atoms with Gasteiger partial charge in [-0.15, -0.1) is 0 Å². The molecule has 3 N–H and O–H groups in total. The largest absolute Gasteiger partial charge is 0.480 e. The van der Waals surface area contributed by atoms with Crippen molar-refractivity contribution in [3.63, 3.8) is 0 Å². The van der Waals surface area contributed by atoms with Crippen LogP contribution >= 0.6 is 0 Å². The van der Waals surface area contributed by atoms with E-state index in [-0.39, 0.29) is 43.7 Å². The van der Waals surface area contributed by atoms with Crippen LogP contribution in [0.1, 0.15) is 112 Å². The molecule has 5 aliphatic heterocycles. The molecule has 0 aromatic carbocycles. The number of aliphatic carboxylic acids is 1. The van der Waals surface area contributed by atoms with Gasteiger partial charge >= 0.3 is 26.2 Å². The van der Waals surface area contributed by atoms with Crippen molar-refractivity contribution < 1.29 is 38.8 Å². The summed E-state index contributed by atoms with van der Waals surface area (Å²) in [5, 5.41) is 27.4. The van der Waals surface area contributed by atoms with E-state index >= 15 is 0 Å². The normalized spacial score (nSPS) is 28.2. The van der Waals surface area contributed by atoms with Gasteiger partial charge in [-0.3, -0.25) is 19.4 Å². The maximum absolute atomic E-state index is 12.5. The van der Waals surface area contributed by atoms with E-state index in [1.807, 2.05) is 0 Å². The number of nitrogens with zero attached hydrogens (tertiary/aromatic N) is 4. The molecule has 0 bridgehead atoms. The predicted molar refractivity (Wildman–Crippen MR) is 208 cm³/mol. The van der Waals surface area contributed by atoms with Crippen molar-refractivity contribution in [1.29, 1.82) is 0 Å².